The van der Waals surface area contributed by atoms with Crippen molar-refractivity contribution in [1.82, 2.24) is 10.2 Å². The van der Waals surface area contributed by atoms with Crippen LogP contribution in [0.15, 0.2) is 28.7 Å². The van der Waals surface area contributed by atoms with Crippen molar-refractivity contribution in [3.63, 3.8) is 0 Å². The van der Waals surface area contributed by atoms with Crippen LogP contribution in [-0.4, -0.2) is 15.2 Å². The van der Waals surface area contributed by atoms with Gasteiger partial charge in [-0.25, -0.2) is 0 Å². The second-order valence-electron chi connectivity index (χ2n) is 4.55. The lowest BCUT2D eigenvalue weighted by Gasteiger charge is -2.15. The van der Waals surface area contributed by atoms with E-state index in [-0.39, 0.29) is 0 Å². The van der Waals surface area contributed by atoms with Crippen molar-refractivity contribution in [2.75, 3.05) is 5.32 Å². The third-order valence-electron chi connectivity index (χ3n) is 3.20. The van der Waals surface area contributed by atoms with Gasteiger partial charge in [0, 0.05) is 10.2 Å². The Bertz CT molecular complexity index is 655. The fourth-order valence-corrected chi connectivity index (χ4v) is 2.68. The second kappa shape index (κ2) is 6.95. The molecule has 0 saturated carbocycles. The molecule has 4 nitrogen and oxygen atoms in total. The number of nitrogens with zero attached hydrogens (tertiary/aromatic N) is 2. The van der Waals surface area contributed by atoms with E-state index in [2.05, 4.69) is 38.4 Å². The first kappa shape index (κ1) is 15.9. The van der Waals surface area contributed by atoms with E-state index >= 15 is 0 Å². The van der Waals surface area contributed by atoms with Crippen LogP contribution in [0.1, 0.15) is 30.7 Å². The molecule has 110 valence electrons. The fourth-order valence-electron chi connectivity index (χ4n) is 2.20. The number of halogens is 1. The number of aromatic nitrogens is 2. The Morgan fingerprint density at radius 2 is 1.86 bits per heavy atom. The van der Waals surface area contributed by atoms with Crippen LogP contribution in [0.5, 0.6) is 0 Å². The van der Waals surface area contributed by atoms with Gasteiger partial charge in [0.05, 0.1) is 11.3 Å². The molecule has 0 saturated heterocycles. The molecule has 0 atom stereocenters. The molecule has 3 N–H and O–H groups in total. The number of hydrogen-bond acceptors (Lipinski definition) is 4. The SMILES string of the molecule is CCc1nnc(Nc2ccc(Br)cc2)c(C(N)=S)c1CC. The smallest absolute Gasteiger partial charge is 0.163 e. The molecule has 0 radical (unpaired) electrons. The zero-order chi connectivity index (χ0) is 15.4. The number of hydrogen-bond donors (Lipinski definition) is 2. The van der Waals surface area contributed by atoms with Crippen LogP contribution in [0.4, 0.5) is 11.5 Å². The predicted molar refractivity (Wildman–Crippen MR) is 94.1 cm³/mol. The van der Waals surface area contributed by atoms with E-state index in [4.69, 9.17) is 18.0 Å². The average molecular weight is 365 g/mol. The van der Waals surface area contributed by atoms with Gasteiger partial charge in [-0.15, -0.1) is 5.10 Å². The maximum atomic E-state index is 5.91. The highest BCUT2D eigenvalue weighted by molar-refractivity contribution is 9.10. The molecule has 0 unspecified atom stereocenters. The highest BCUT2D eigenvalue weighted by Crippen LogP contribution is 2.24. The standard InChI is InChI=1S/C15H17BrN4S/c1-3-11-12(4-2)19-20-15(13(11)14(17)21)18-10-7-5-9(16)6-8-10/h5-8H,3-4H2,1-2H3,(H2,17,21)(H,18,20). The summed E-state index contributed by atoms with van der Waals surface area (Å²) in [5, 5.41) is 11.8. The molecule has 0 bridgehead atoms. The van der Waals surface area contributed by atoms with Gasteiger partial charge in [0.2, 0.25) is 0 Å². The first-order valence-corrected chi connectivity index (χ1v) is 7.97. The van der Waals surface area contributed by atoms with Crippen LogP contribution in [0, 0.1) is 0 Å². The summed E-state index contributed by atoms with van der Waals surface area (Å²) in [6.07, 6.45) is 1.63. The van der Waals surface area contributed by atoms with Crippen molar-refractivity contribution in [1.29, 1.82) is 0 Å². The van der Waals surface area contributed by atoms with Crippen LogP contribution >= 0.6 is 28.1 Å². The van der Waals surface area contributed by atoms with Crippen molar-refractivity contribution >= 4 is 44.6 Å². The first-order chi connectivity index (χ1) is 10.1. The molecule has 0 aliphatic carbocycles. The van der Waals surface area contributed by atoms with Gasteiger partial charge in [0.1, 0.15) is 4.99 Å². The molecule has 1 aromatic heterocycles. The third kappa shape index (κ3) is 3.57. The Kier molecular flexibility index (Phi) is 5.25. The molecule has 6 heteroatoms. The summed E-state index contributed by atoms with van der Waals surface area (Å²) in [5.41, 5.74) is 9.63. The summed E-state index contributed by atoms with van der Waals surface area (Å²) in [6.45, 7) is 4.12. The fraction of sp³-hybridized carbons (Fsp3) is 0.267. The van der Waals surface area contributed by atoms with Gasteiger partial charge in [0.15, 0.2) is 5.82 Å². The van der Waals surface area contributed by atoms with Crippen molar-refractivity contribution in [3.8, 4) is 0 Å². The van der Waals surface area contributed by atoms with Crippen LogP contribution < -0.4 is 11.1 Å². The highest BCUT2D eigenvalue weighted by Gasteiger charge is 2.16. The molecule has 2 aromatic rings. The van der Waals surface area contributed by atoms with Crippen LogP contribution in [0.2, 0.25) is 0 Å². The van der Waals surface area contributed by atoms with E-state index < -0.39 is 0 Å². The van der Waals surface area contributed by atoms with Gasteiger partial charge in [-0.1, -0.05) is 42.0 Å². The quantitative estimate of drug-likeness (QED) is 0.791. The molecule has 21 heavy (non-hydrogen) atoms. The number of nitrogens with two attached hydrogens (primary N) is 1. The lowest BCUT2D eigenvalue weighted by atomic mass is 10.0. The Balaban J connectivity index is 2.48. The first-order valence-electron chi connectivity index (χ1n) is 6.77. The molecule has 1 aromatic carbocycles. The molecular weight excluding hydrogens is 348 g/mol. The molecule has 0 spiro atoms. The minimum Gasteiger partial charge on any atom is -0.389 e. The largest absolute Gasteiger partial charge is 0.389 e. The summed E-state index contributed by atoms with van der Waals surface area (Å²) < 4.78 is 1.02. The highest BCUT2D eigenvalue weighted by atomic mass is 79.9. The predicted octanol–water partition coefficient (Wildman–Crippen LogP) is 3.74. The van der Waals surface area contributed by atoms with Crippen LogP contribution in [0.3, 0.4) is 0 Å². The summed E-state index contributed by atoms with van der Waals surface area (Å²) in [5.74, 6) is 0.610. The van der Waals surface area contributed by atoms with Crippen molar-refractivity contribution in [2.24, 2.45) is 5.73 Å². The molecule has 0 aliphatic rings. The number of nitrogens with one attached hydrogen (secondary N) is 1. The zero-order valence-electron chi connectivity index (χ0n) is 12.0. The molecule has 0 amide bonds. The van der Waals surface area contributed by atoms with Crippen LogP contribution in [0.25, 0.3) is 0 Å². The van der Waals surface area contributed by atoms with Gasteiger partial charge >= 0.3 is 0 Å². The lowest BCUT2D eigenvalue weighted by molar-refractivity contribution is 0.879. The number of anilines is 2. The zero-order valence-corrected chi connectivity index (χ0v) is 14.4. The summed E-state index contributed by atoms with van der Waals surface area (Å²) >= 11 is 8.62. The normalized spacial score (nSPS) is 10.4. The summed E-state index contributed by atoms with van der Waals surface area (Å²) in [7, 11) is 0. The Morgan fingerprint density at radius 1 is 1.19 bits per heavy atom. The number of benzene rings is 1. The van der Waals surface area contributed by atoms with E-state index in [0.29, 0.717) is 10.8 Å². The minimum absolute atomic E-state index is 0.344. The number of aryl methyl sites for hydroxylation is 1. The molecular formula is C15H17BrN4S. The molecule has 2 rings (SSSR count). The van der Waals surface area contributed by atoms with E-state index in [1.807, 2.05) is 31.2 Å². The lowest BCUT2D eigenvalue weighted by Crippen LogP contribution is -2.18. The average Bonchev–Trinajstić information content (AvgIpc) is 2.48. The second-order valence-corrected chi connectivity index (χ2v) is 5.91. The maximum Gasteiger partial charge on any atom is 0.163 e. The topological polar surface area (TPSA) is 63.8 Å². The summed E-state index contributed by atoms with van der Waals surface area (Å²) in [4.78, 5) is 0.344. The Labute approximate surface area is 138 Å². The van der Waals surface area contributed by atoms with Gasteiger partial charge in [-0.3, -0.25) is 0 Å². The van der Waals surface area contributed by atoms with Gasteiger partial charge in [0.25, 0.3) is 0 Å². The minimum atomic E-state index is 0.344. The molecule has 1 heterocycles. The van der Waals surface area contributed by atoms with E-state index in [9.17, 15) is 0 Å². The van der Waals surface area contributed by atoms with Crippen molar-refractivity contribution < 1.29 is 0 Å². The molecule has 0 fully saturated rings. The van der Waals surface area contributed by atoms with Gasteiger partial charge in [-0.2, -0.15) is 5.10 Å². The van der Waals surface area contributed by atoms with Gasteiger partial charge < -0.3 is 11.1 Å². The molecule has 0 aliphatic heterocycles. The monoisotopic (exact) mass is 364 g/mol. The van der Waals surface area contributed by atoms with E-state index in [1.54, 1.807) is 0 Å². The van der Waals surface area contributed by atoms with E-state index in [0.717, 1.165) is 39.8 Å². The van der Waals surface area contributed by atoms with Crippen molar-refractivity contribution in [3.05, 3.63) is 45.6 Å². The van der Waals surface area contributed by atoms with Crippen molar-refractivity contribution in [2.45, 2.75) is 26.7 Å². The number of thiocarbonyl (C=S) groups is 1. The van der Waals surface area contributed by atoms with E-state index in [1.165, 1.54) is 0 Å². The van der Waals surface area contributed by atoms with Gasteiger partial charge in [-0.05, 0) is 42.7 Å². The summed E-state index contributed by atoms with van der Waals surface area (Å²) in [6, 6.07) is 7.82. The maximum absolute atomic E-state index is 5.91. The number of rotatable bonds is 5. The third-order valence-corrected chi connectivity index (χ3v) is 3.93. The Hall–Kier alpha value is -1.53. The van der Waals surface area contributed by atoms with Crippen LogP contribution in [-0.2, 0) is 12.8 Å². The Morgan fingerprint density at radius 3 is 2.38 bits per heavy atom.